The lowest BCUT2D eigenvalue weighted by atomic mass is 10.1. The fourth-order valence-corrected chi connectivity index (χ4v) is 3.40. The van der Waals surface area contributed by atoms with Crippen LogP contribution in [-0.2, 0) is 4.79 Å². The van der Waals surface area contributed by atoms with Crippen molar-refractivity contribution < 1.29 is 9.90 Å². The summed E-state index contributed by atoms with van der Waals surface area (Å²) in [5.74, 6) is 0.755. The van der Waals surface area contributed by atoms with Crippen LogP contribution in [0.15, 0.2) is 29.2 Å². The van der Waals surface area contributed by atoms with Gasteiger partial charge in [0.05, 0.1) is 5.75 Å². The van der Waals surface area contributed by atoms with Crippen LogP contribution < -0.4 is 5.32 Å². The minimum absolute atomic E-state index is 0.0682. The summed E-state index contributed by atoms with van der Waals surface area (Å²) in [6.45, 7) is 2.23. The molecule has 3 nitrogen and oxygen atoms in total. The molecule has 1 aliphatic carbocycles. The molecule has 0 aliphatic heterocycles. The van der Waals surface area contributed by atoms with Crippen molar-refractivity contribution in [2.45, 2.75) is 37.1 Å². The largest absolute Gasteiger partial charge is 0.396 e. The number of carbonyl (C=O) groups is 1. The number of hydrogen-bond donors (Lipinski definition) is 2. The van der Waals surface area contributed by atoms with E-state index in [1.807, 2.05) is 18.2 Å². The molecule has 0 spiro atoms. The van der Waals surface area contributed by atoms with Gasteiger partial charge in [-0.3, -0.25) is 4.79 Å². The Balaban J connectivity index is 1.80. The second-order valence-corrected chi connectivity index (χ2v) is 6.12. The molecule has 0 bridgehead atoms. The zero-order chi connectivity index (χ0) is 13.7. The molecule has 2 N–H and O–H groups in total. The fraction of sp³-hybridized carbons (Fsp3) is 0.533. The first kappa shape index (κ1) is 14.4. The van der Waals surface area contributed by atoms with Crippen LogP contribution in [0.3, 0.4) is 0 Å². The summed E-state index contributed by atoms with van der Waals surface area (Å²) < 4.78 is 0. The minimum atomic E-state index is 0.0682. The monoisotopic (exact) mass is 279 g/mol. The summed E-state index contributed by atoms with van der Waals surface area (Å²) in [5, 5.41) is 12.3. The van der Waals surface area contributed by atoms with Gasteiger partial charge in [-0.2, -0.15) is 0 Å². The summed E-state index contributed by atoms with van der Waals surface area (Å²) in [4.78, 5) is 13.1. The molecule has 1 aliphatic rings. The molecule has 0 radical (unpaired) electrons. The molecule has 19 heavy (non-hydrogen) atoms. The van der Waals surface area contributed by atoms with Gasteiger partial charge in [-0.1, -0.05) is 24.6 Å². The van der Waals surface area contributed by atoms with Crippen molar-refractivity contribution in [1.29, 1.82) is 0 Å². The number of benzene rings is 1. The maximum absolute atomic E-state index is 11.9. The van der Waals surface area contributed by atoms with Gasteiger partial charge in [0.15, 0.2) is 0 Å². The lowest BCUT2D eigenvalue weighted by Crippen LogP contribution is -2.39. The number of hydrogen-bond acceptors (Lipinski definition) is 3. The smallest absolute Gasteiger partial charge is 0.230 e. The predicted octanol–water partition coefficient (Wildman–Crippen LogP) is 2.36. The number of aliphatic hydroxyl groups excluding tert-OH is 1. The van der Waals surface area contributed by atoms with Crippen molar-refractivity contribution in [3.8, 4) is 0 Å². The second-order valence-electron chi connectivity index (χ2n) is 5.10. The highest BCUT2D eigenvalue weighted by atomic mass is 32.2. The maximum atomic E-state index is 11.9. The Morgan fingerprint density at radius 1 is 1.42 bits per heavy atom. The molecule has 1 aromatic carbocycles. The molecule has 2 rings (SSSR count). The van der Waals surface area contributed by atoms with Gasteiger partial charge in [-0.25, -0.2) is 0 Å². The number of aliphatic hydroxyl groups is 1. The van der Waals surface area contributed by atoms with Gasteiger partial charge in [0.2, 0.25) is 5.91 Å². The first-order chi connectivity index (χ1) is 9.20. The molecule has 1 amide bonds. The van der Waals surface area contributed by atoms with Gasteiger partial charge in [-0.15, -0.1) is 11.8 Å². The van der Waals surface area contributed by atoms with E-state index in [2.05, 4.69) is 18.3 Å². The maximum Gasteiger partial charge on any atom is 0.230 e. The molecule has 104 valence electrons. The van der Waals surface area contributed by atoms with Gasteiger partial charge in [0.25, 0.3) is 0 Å². The molecular weight excluding hydrogens is 258 g/mol. The van der Waals surface area contributed by atoms with Crippen LogP contribution in [0.1, 0.15) is 24.8 Å². The highest BCUT2D eigenvalue weighted by Gasteiger charge is 2.27. The highest BCUT2D eigenvalue weighted by Crippen LogP contribution is 2.26. The fourth-order valence-electron chi connectivity index (χ4n) is 2.56. The van der Waals surface area contributed by atoms with E-state index >= 15 is 0 Å². The predicted molar refractivity (Wildman–Crippen MR) is 78.3 cm³/mol. The highest BCUT2D eigenvalue weighted by molar-refractivity contribution is 8.00. The molecule has 2 unspecified atom stereocenters. The molecule has 2 atom stereocenters. The van der Waals surface area contributed by atoms with E-state index in [1.54, 1.807) is 11.8 Å². The number of aryl methyl sites for hydroxylation is 1. The average Bonchev–Trinajstić information content (AvgIpc) is 2.85. The molecule has 1 saturated carbocycles. The average molecular weight is 279 g/mol. The molecule has 4 heteroatoms. The molecular formula is C15H21NO2S. The summed E-state index contributed by atoms with van der Waals surface area (Å²) in [7, 11) is 0. The Hall–Kier alpha value is -1.00. The van der Waals surface area contributed by atoms with Crippen molar-refractivity contribution >= 4 is 17.7 Å². The van der Waals surface area contributed by atoms with E-state index in [-0.39, 0.29) is 24.5 Å². The summed E-state index contributed by atoms with van der Waals surface area (Å²) in [6.07, 6.45) is 3.11. The van der Waals surface area contributed by atoms with E-state index in [0.717, 1.165) is 24.2 Å². The Morgan fingerprint density at radius 2 is 2.21 bits per heavy atom. The van der Waals surface area contributed by atoms with Crippen LogP contribution in [0.2, 0.25) is 0 Å². The summed E-state index contributed by atoms with van der Waals surface area (Å²) >= 11 is 1.57. The summed E-state index contributed by atoms with van der Waals surface area (Å²) in [5.41, 5.74) is 1.20. The Kier molecular flexibility index (Phi) is 5.28. The number of nitrogens with one attached hydrogen (secondary N) is 1. The molecule has 0 saturated heterocycles. The van der Waals surface area contributed by atoms with Gasteiger partial charge >= 0.3 is 0 Å². The normalized spacial score (nSPS) is 22.4. The lowest BCUT2D eigenvalue weighted by Gasteiger charge is -2.18. The third-order valence-electron chi connectivity index (χ3n) is 3.69. The molecule has 1 aromatic rings. The quantitative estimate of drug-likeness (QED) is 0.814. The van der Waals surface area contributed by atoms with E-state index in [1.165, 1.54) is 5.56 Å². The van der Waals surface area contributed by atoms with Crippen LogP contribution in [0.25, 0.3) is 0 Å². The first-order valence-electron chi connectivity index (χ1n) is 6.79. The molecule has 0 aromatic heterocycles. The Morgan fingerprint density at radius 3 is 2.95 bits per heavy atom. The van der Waals surface area contributed by atoms with Crippen LogP contribution in [-0.4, -0.2) is 29.4 Å². The van der Waals surface area contributed by atoms with E-state index in [9.17, 15) is 9.90 Å². The van der Waals surface area contributed by atoms with E-state index in [4.69, 9.17) is 0 Å². The second kappa shape index (κ2) is 6.96. The van der Waals surface area contributed by atoms with Crippen molar-refractivity contribution in [1.82, 2.24) is 5.32 Å². The third-order valence-corrected chi connectivity index (χ3v) is 4.87. The lowest BCUT2D eigenvalue weighted by molar-refractivity contribution is -0.119. The minimum Gasteiger partial charge on any atom is -0.396 e. The Labute approximate surface area is 118 Å². The molecule has 1 fully saturated rings. The van der Waals surface area contributed by atoms with Gasteiger partial charge in [-0.05, 0) is 31.4 Å². The standard InChI is InChI=1S/C15H21NO2S/c1-11-5-2-3-8-14(11)19-10-15(18)16-13-7-4-6-12(13)9-17/h2-3,5,8,12-13,17H,4,6-7,9-10H2,1H3,(H,16,18). The van der Waals surface area contributed by atoms with Crippen LogP contribution in [0.5, 0.6) is 0 Å². The zero-order valence-electron chi connectivity index (χ0n) is 11.3. The van der Waals surface area contributed by atoms with Crippen molar-refractivity contribution in [3.05, 3.63) is 29.8 Å². The van der Waals surface area contributed by atoms with Gasteiger partial charge in [0, 0.05) is 23.5 Å². The summed E-state index contributed by atoms with van der Waals surface area (Å²) in [6, 6.07) is 8.25. The van der Waals surface area contributed by atoms with Crippen LogP contribution in [0, 0.1) is 12.8 Å². The van der Waals surface area contributed by atoms with E-state index in [0.29, 0.717) is 5.75 Å². The SMILES string of the molecule is Cc1ccccc1SCC(=O)NC1CCCC1CO. The van der Waals surface area contributed by atoms with Crippen LogP contribution in [0.4, 0.5) is 0 Å². The zero-order valence-corrected chi connectivity index (χ0v) is 12.1. The number of amides is 1. The third kappa shape index (κ3) is 3.98. The Bertz CT molecular complexity index is 436. The van der Waals surface area contributed by atoms with Crippen LogP contribution >= 0.6 is 11.8 Å². The van der Waals surface area contributed by atoms with Gasteiger partial charge in [0.1, 0.15) is 0 Å². The topological polar surface area (TPSA) is 49.3 Å². The van der Waals surface area contributed by atoms with Crippen molar-refractivity contribution in [2.24, 2.45) is 5.92 Å². The molecule has 0 heterocycles. The first-order valence-corrected chi connectivity index (χ1v) is 7.78. The number of rotatable bonds is 5. The van der Waals surface area contributed by atoms with Gasteiger partial charge < -0.3 is 10.4 Å². The number of carbonyl (C=O) groups excluding carboxylic acids is 1. The van der Waals surface area contributed by atoms with Crippen molar-refractivity contribution in [2.75, 3.05) is 12.4 Å². The van der Waals surface area contributed by atoms with Crippen molar-refractivity contribution in [3.63, 3.8) is 0 Å². The van der Waals surface area contributed by atoms with E-state index < -0.39 is 0 Å². The number of thioether (sulfide) groups is 1.